The predicted octanol–water partition coefficient (Wildman–Crippen LogP) is 2.44. The van der Waals surface area contributed by atoms with Gasteiger partial charge in [0.2, 0.25) is 0 Å². The highest BCUT2D eigenvalue weighted by Gasteiger charge is 2.40. The van der Waals surface area contributed by atoms with Crippen molar-refractivity contribution in [1.29, 1.82) is 0 Å². The van der Waals surface area contributed by atoms with Crippen molar-refractivity contribution in [2.75, 3.05) is 13.1 Å². The van der Waals surface area contributed by atoms with Crippen molar-refractivity contribution in [3.8, 4) is 0 Å². The Hall–Kier alpha value is -1.55. The molecule has 1 aromatic rings. The normalized spacial score (nSPS) is 22.7. The van der Waals surface area contributed by atoms with Gasteiger partial charge >= 0.3 is 6.09 Å². The van der Waals surface area contributed by atoms with Crippen molar-refractivity contribution in [2.45, 2.75) is 38.8 Å². The summed E-state index contributed by atoms with van der Waals surface area (Å²) in [6.45, 7) is 5.93. The van der Waals surface area contributed by atoms with Gasteiger partial charge in [-0.15, -0.1) is 0 Å². The summed E-state index contributed by atoms with van der Waals surface area (Å²) in [4.78, 5) is 13.7. The maximum absolute atomic E-state index is 11.9. The third kappa shape index (κ3) is 3.26. The average molecular weight is 262 g/mol. The first-order chi connectivity index (χ1) is 9.04. The van der Waals surface area contributed by atoms with Crippen LogP contribution in [0.3, 0.4) is 0 Å². The predicted molar refractivity (Wildman–Crippen MR) is 74.8 cm³/mol. The smallest absolute Gasteiger partial charge is 0.410 e. The number of aryl methyl sites for hydroxylation is 1. The van der Waals surface area contributed by atoms with Crippen molar-refractivity contribution >= 4 is 6.09 Å². The van der Waals surface area contributed by atoms with Gasteiger partial charge in [-0.1, -0.05) is 24.3 Å². The number of hydrogen-bond donors (Lipinski definition) is 1. The van der Waals surface area contributed by atoms with E-state index in [9.17, 15) is 4.79 Å². The molecule has 19 heavy (non-hydrogen) atoms. The molecule has 1 aliphatic rings. The Morgan fingerprint density at radius 3 is 2.84 bits per heavy atom. The van der Waals surface area contributed by atoms with Crippen molar-refractivity contribution in [3.63, 3.8) is 0 Å². The Bertz CT molecular complexity index is 461. The van der Waals surface area contributed by atoms with Crippen LogP contribution in [0, 0.1) is 6.92 Å². The Balaban J connectivity index is 2.03. The van der Waals surface area contributed by atoms with Crippen LogP contribution in [-0.4, -0.2) is 29.7 Å². The first-order valence-corrected chi connectivity index (χ1v) is 6.76. The third-order valence-corrected chi connectivity index (χ3v) is 3.65. The zero-order chi connectivity index (χ0) is 13.9. The minimum Gasteiger partial charge on any atom is -0.441 e. The number of carbonyl (C=O) groups excluding carboxylic acids is 1. The fourth-order valence-corrected chi connectivity index (χ4v) is 2.50. The van der Waals surface area contributed by atoms with Gasteiger partial charge in [-0.2, -0.15) is 0 Å². The van der Waals surface area contributed by atoms with Crippen LogP contribution in [-0.2, 0) is 11.3 Å². The van der Waals surface area contributed by atoms with Gasteiger partial charge in [-0.25, -0.2) is 4.79 Å². The summed E-state index contributed by atoms with van der Waals surface area (Å²) in [6, 6.07) is 8.12. The van der Waals surface area contributed by atoms with Crippen molar-refractivity contribution in [1.82, 2.24) is 4.90 Å². The van der Waals surface area contributed by atoms with Crippen molar-refractivity contribution in [3.05, 3.63) is 35.4 Å². The molecule has 1 unspecified atom stereocenters. The van der Waals surface area contributed by atoms with Crippen LogP contribution in [0.5, 0.6) is 0 Å². The van der Waals surface area contributed by atoms with Crippen LogP contribution in [0.4, 0.5) is 4.79 Å². The van der Waals surface area contributed by atoms with E-state index in [1.54, 1.807) is 4.90 Å². The number of cyclic esters (lactones) is 1. The van der Waals surface area contributed by atoms with Crippen LogP contribution >= 0.6 is 0 Å². The van der Waals surface area contributed by atoms with Gasteiger partial charge in [-0.3, -0.25) is 4.90 Å². The Kier molecular flexibility index (Phi) is 4.10. The number of rotatable bonds is 5. The molecule has 4 heteroatoms. The molecule has 1 aromatic carbocycles. The van der Waals surface area contributed by atoms with E-state index in [1.165, 1.54) is 11.1 Å². The van der Waals surface area contributed by atoms with Gasteiger partial charge < -0.3 is 10.5 Å². The molecular formula is C15H22N2O2. The molecule has 0 aliphatic carbocycles. The summed E-state index contributed by atoms with van der Waals surface area (Å²) in [5.74, 6) is 0. The molecular weight excluding hydrogens is 240 g/mol. The zero-order valence-electron chi connectivity index (χ0n) is 11.7. The molecule has 0 spiro atoms. The molecule has 4 nitrogen and oxygen atoms in total. The number of carbonyl (C=O) groups is 1. The molecule has 2 rings (SSSR count). The van der Waals surface area contributed by atoms with E-state index in [1.807, 2.05) is 19.1 Å². The molecule has 0 bridgehead atoms. The molecule has 1 heterocycles. The van der Waals surface area contributed by atoms with Gasteiger partial charge in [0, 0.05) is 6.54 Å². The van der Waals surface area contributed by atoms with E-state index >= 15 is 0 Å². The molecule has 0 saturated carbocycles. The van der Waals surface area contributed by atoms with Crippen LogP contribution in [0.15, 0.2) is 24.3 Å². The van der Waals surface area contributed by atoms with Gasteiger partial charge in [0.1, 0.15) is 5.60 Å². The van der Waals surface area contributed by atoms with Crippen LogP contribution < -0.4 is 5.73 Å². The maximum Gasteiger partial charge on any atom is 0.410 e. The number of amides is 1. The highest BCUT2D eigenvalue weighted by Crippen LogP contribution is 2.28. The summed E-state index contributed by atoms with van der Waals surface area (Å²) in [6.07, 6.45) is 1.48. The monoisotopic (exact) mass is 262 g/mol. The molecule has 0 aromatic heterocycles. The second-order valence-electron chi connectivity index (χ2n) is 5.49. The summed E-state index contributed by atoms with van der Waals surface area (Å²) in [5.41, 5.74) is 7.50. The van der Waals surface area contributed by atoms with Gasteiger partial charge in [0.05, 0.1) is 6.54 Å². The topological polar surface area (TPSA) is 55.6 Å². The fraction of sp³-hybridized carbons (Fsp3) is 0.533. The highest BCUT2D eigenvalue weighted by molar-refractivity contribution is 5.70. The van der Waals surface area contributed by atoms with E-state index in [0.717, 1.165) is 12.8 Å². The molecule has 1 aliphatic heterocycles. The highest BCUT2D eigenvalue weighted by atomic mass is 16.6. The van der Waals surface area contributed by atoms with E-state index in [2.05, 4.69) is 19.1 Å². The second kappa shape index (κ2) is 5.61. The van der Waals surface area contributed by atoms with Gasteiger partial charge in [0.25, 0.3) is 0 Å². The maximum atomic E-state index is 11.9. The number of nitrogens with two attached hydrogens (primary N) is 1. The van der Waals surface area contributed by atoms with Crippen molar-refractivity contribution in [2.24, 2.45) is 5.73 Å². The Labute approximate surface area is 114 Å². The van der Waals surface area contributed by atoms with Crippen LogP contribution in [0.1, 0.15) is 30.9 Å². The quantitative estimate of drug-likeness (QED) is 0.886. The summed E-state index contributed by atoms with van der Waals surface area (Å²) < 4.78 is 5.51. The number of hydrogen-bond acceptors (Lipinski definition) is 3. The Morgan fingerprint density at radius 1 is 1.42 bits per heavy atom. The lowest BCUT2D eigenvalue weighted by Gasteiger charge is -2.21. The molecule has 1 fully saturated rings. The summed E-state index contributed by atoms with van der Waals surface area (Å²) in [5, 5.41) is 0. The van der Waals surface area contributed by atoms with Crippen LogP contribution in [0.2, 0.25) is 0 Å². The number of nitrogens with zero attached hydrogens (tertiary/aromatic N) is 1. The fourth-order valence-electron chi connectivity index (χ4n) is 2.50. The molecule has 1 atom stereocenters. The van der Waals surface area contributed by atoms with Crippen molar-refractivity contribution < 1.29 is 9.53 Å². The zero-order valence-corrected chi connectivity index (χ0v) is 11.7. The summed E-state index contributed by atoms with van der Waals surface area (Å²) >= 11 is 0. The lowest BCUT2D eigenvalue weighted by molar-refractivity contribution is 0.0638. The Morgan fingerprint density at radius 2 is 2.16 bits per heavy atom. The summed E-state index contributed by atoms with van der Waals surface area (Å²) in [7, 11) is 0. The van der Waals surface area contributed by atoms with E-state index in [4.69, 9.17) is 10.5 Å². The third-order valence-electron chi connectivity index (χ3n) is 3.65. The van der Waals surface area contributed by atoms with E-state index in [0.29, 0.717) is 19.6 Å². The largest absolute Gasteiger partial charge is 0.441 e. The first kappa shape index (κ1) is 13.9. The average Bonchev–Trinajstić information content (AvgIpc) is 2.65. The van der Waals surface area contributed by atoms with E-state index in [-0.39, 0.29) is 11.7 Å². The minimum atomic E-state index is -0.390. The minimum absolute atomic E-state index is 0.220. The SMILES string of the molecule is Cc1ccccc1CN1CC(C)(CCCN)OC1=O. The number of ether oxygens (including phenoxy) is 1. The number of benzene rings is 1. The van der Waals surface area contributed by atoms with Gasteiger partial charge in [-0.05, 0) is 44.4 Å². The van der Waals surface area contributed by atoms with E-state index < -0.39 is 0 Å². The van der Waals surface area contributed by atoms with Gasteiger partial charge in [0.15, 0.2) is 0 Å². The molecule has 0 radical (unpaired) electrons. The lowest BCUT2D eigenvalue weighted by atomic mass is 10.00. The lowest BCUT2D eigenvalue weighted by Crippen LogP contribution is -2.31. The first-order valence-electron chi connectivity index (χ1n) is 6.76. The molecule has 104 valence electrons. The second-order valence-corrected chi connectivity index (χ2v) is 5.49. The molecule has 1 amide bonds. The standard InChI is InChI=1S/C15H22N2O2/c1-12-6-3-4-7-13(12)10-17-11-15(2,8-5-9-16)19-14(17)18/h3-4,6-7H,5,8-11,16H2,1-2H3. The van der Waals surface area contributed by atoms with Crippen LogP contribution in [0.25, 0.3) is 0 Å². The molecule has 1 saturated heterocycles. The molecule has 2 N–H and O–H groups in total.